The number of hydrogen-bond donors (Lipinski definition) is 2. The molecule has 0 aliphatic carbocycles. The summed E-state index contributed by atoms with van der Waals surface area (Å²) in [5.41, 5.74) is 5.66. The molecule has 1 fully saturated rings. The molecule has 1 heterocycles. The van der Waals surface area contributed by atoms with Crippen LogP contribution in [0.15, 0.2) is 0 Å². The van der Waals surface area contributed by atoms with E-state index >= 15 is 0 Å². The third-order valence-electron chi connectivity index (χ3n) is 2.98. The second kappa shape index (κ2) is 4.75. The number of carbonyl (C=O) groups excluding carboxylic acids is 1. The molecule has 3 N–H and O–H groups in total. The number of nitrogens with two attached hydrogens (primary N) is 1. The summed E-state index contributed by atoms with van der Waals surface area (Å²) in [6.45, 7) is 5.08. The maximum Gasteiger partial charge on any atom is 0.239 e. The summed E-state index contributed by atoms with van der Waals surface area (Å²) in [4.78, 5) is 13.4. The van der Waals surface area contributed by atoms with Gasteiger partial charge in [-0.2, -0.15) is 0 Å². The predicted molar refractivity (Wildman–Crippen MR) is 54.6 cm³/mol. The highest BCUT2D eigenvalue weighted by Crippen LogP contribution is 2.20. The van der Waals surface area contributed by atoms with Crippen molar-refractivity contribution in [1.82, 2.24) is 4.90 Å². The first-order valence-corrected chi connectivity index (χ1v) is 5.28. The van der Waals surface area contributed by atoms with Crippen molar-refractivity contribution in [1.29, 1.82) is 0 Å². The molecule has 14 heavy (non-hydrogen) atoms. The number of aliphatic hydroxyl groups is 1. The zero-order valence-corrected chi connectivity index (χ0v) is 8.94. The van der Waals surface area contributed by atoms with Crippen molar-refractivity contribution in [3.63, 3.8) is 0 Å². The lowest BCUT2D eigenvalue weighted by Gasteiger charge is -2.20. The Balaban J connectivity index is 2.45. The quantitative estimate of drug-likeness (QED) is 0.671. The van der Waals surface area contributed by atoms with Crippen LogP contribution < -0.4 is 5.73 Å². The maximum atomic E-state index is 11.7. The van der Waals surface area contributed by atoms with Gasteiger partial charge < -0.3 is 15.7 Å². The molecule has 1 amide bonds. The van der Waals surface area contributed by atoms with Crippen LogP contribution in [0.4, 0.5) is 0 Å². The van der Waals surface area contributed by atoms with Crippen LogP contribution in [0.3, 0.4) is 0 Å². The zero-order chi connectivity index (χ0) is 10.7. The number of carbonyl (C=O) groups is 1. The highest BCUT2D eigenvalue weighted by molar-refractivity contribution is 5.81. The van der Waals surface area contributed by atoms with Crippen molar-refractivity contribution in [3.05, 3.63) is 0 Å². The van der Waals surface area contributed by atoms with E-state index in [0.717, 1.165) is 13.0 Å². The fourth-order valence-corrected chi connectivity index (χ4v) is 1.79. The molecule has 0 aromatic rings. The normalized spacial score (nSPS) is 26.3. The van der Waals surface area contributed by atoms with Crippen molar-refractivity contribution in [2.45, 2.75) is 38.8 Å². The van der Waals surface area contributed by atoms with Gasteiger partial charge in [0.05, 0.1) is 12.1 Å². The topological polar surface area (TPSA) is 66.6 Å². The Hall–Kier alpha value is -0.610. The number of rotatable bonds is 3. The van der Waals surface area contributed by atoms with E-state index in [9.17, 15) is 9.90 Å². The Kier molecular flexibility index (Phi) is 3.89. The molecular formula is C10H20N2O2. The molecule has 0 radical (unpaired) electrons. The number of aliphatic hydroxyl groups excluding tert-OH is 1. The van der Waals surface area contributed by atoms with Crippen LogP contribution in [-0.2, 0) is 4.79 Å². The highest BCUT2D eigenvalue weighted by Gasteiger charge is 2.30. The van der Waals surface area contributed by atoms with Gasteiger partial charge in [-0.25, -0.2) is 0 Å². The van der Waals surface area contributed by atoms with Crippen LogP contribution in [0.25, 0.3) is 0 Å². The molecule has 4 heteroatoms. The molecule has 1 aliphatic heterocycles. The second-order valence-electron chi connectivity index (χ2n) is 4.09. The third-order valence-corrected chi connectivity index (χ3v) is 2.98. The van der Waals surface area contributed by atoms with Crippen molar-refractivity contribution in [2.75, 3.05) is 13.1 Å². The van der Waals surface area contributed by atoms with Gasteiger partial charge in [0.15, 0.2) is 0 Å². The van der Waals surface area contributed by atoms with Gasteiger partial charge >= 0.3 is 0 Å². The SMILES string of the molecule is CCC(N)C(=O)N1CCC(C(C)O)C1. The van der Waals surface area contributed by atoms with E-state index in [0.29, 0.717) is 13.0 Å². The average molecular weight is 200 g/mol. The van der Waals surface area contributed by atoms with E-state index in [4.69, 9.17) is 5.73 Å². The molecule has 4 nitrogen and oxygen atoms in total. The number of amides is 1. The van der Waals surface area contributed by atoms with E-state index in [-0.39, 0.29) is 24.0 Å². The summed E-state index contributed by atoms with van der Waals surface area (Å²) in [6, 6.07) is -0.372. The molecule has 3 atom stereocenters. The minimum atomic E-state index is -0.372. The van der Waals surface area contributed by atoms with Crippen LogP contribution in [0.1, 0.15) is 26.7 Å². The summed E-state index contributed by atoms with van der Waals surface area (Å²) in [7, 11) is 0. The maximum absolute atomic E-state index is 11.7. The Morgan fingerprint density at radius 1 is 1.71 bits per heavy atom. The van der Waals surface area contributed by atoms with Crippen LogP contribution in [0.2, 0.25) is 0 Å². The van der Waals surface area contributed by atoms with Gasteiger partial charge in [-0.1, -0.05) is 6.92 Å². The van der Waals surface area contributed by atoms with Gasteiger partial charge in [0.25, 0.3) is 0 Å². The zero-order valence-electron chi connectivity index (χ0n) is 8.94. The Morgan fingerprint density at radius 3 is 2.79 bits per heavy atom. The van der Waals surface area contributed by atoms with Crippen molar-refractivity contribution in [2.24, 2.45) is 11.7 Å². The molecule has 82 valence electrons. The number of hydrogen-bond acceptors (Lipinski definition) is 3. The van der Waals surface area contributed by atoms with E-state index in [1.165, 1.54) is 0 Å². The van der Waals surface area contributed by atoms with Gasteiger partial charge in [-0.3, -0.25) is 4.79 Å². The van der Waals surface area contributed by atoms with Gasteiger partial charge in [0.1, 0.15) is 0 Å². The number of likely N-dealkylation sites (tertiary alicyclic amines) is 1. The minimum Gasteiger partial charge on any atom is -0.393 e. The molecule has 1 rings (SSSR count). The lowest BCUT2D eigenvalue weighted by atomic mass is 10.0. The van der Waals surface area contributed by atoms with Gasteiger partial charge in [-0.05, 0) is 19.8 Å². The summed E-state index contributed by atoms with van der Waals surface area (Å²) in [6.07, 6.45) is 1.24. The molecule has 0 bridgehead atoms. The molecule has 0 aromatic heterocycles. The summed E-state index contributed by atoms with van der Waals surface area (Å²) in [5, 5.41) is 9.38. The minimum absolute atomic E-state index is 0.0238. The molecule has 1 saturated heterocycles. The van der Waals surface area contributed by atoms with E-state index in [2.05, 4.69) is 0 Å². The molecular weight excluding hydrogens is 180 g/mol. The first-order valence-electron chi connectivity index (χ1n) is 5.28. The molecule has 0 saturated carbocycles. The smallest absolute Gasteiger partial charge is 0.239 e. The first-order chi connectivity index (χ1) is 6.56. The third kappa shape index (κ3) is 2.45. The Bertz CT molecular complexity index is 206. The fraction of sp³-hybridized carbons (Fsp3) is 0.900. The fourth-order valence-electron chi connectivity index (χ4n) is 1.79. The van der Waals surface area contributed by atoms with Crippen molar-refractivity contribution >= 4 is 5.91 Å². The summed E-state index contributed by atoms with van der Waals surface area (Å²) < 4.78 is 0. The van der Waals surface area contributed by atoms with Crippen molar-refractivity contribution in [3.8, 4) is 0 Å². The summed E-state index contributed by atoms with van der Waals surface area (Å²) >= 11 is 0. The van der Waals surface area contributed by atoms with E-state index in [1.54, 1.807) is 11.8 Å². The van der Waals surface area contributed by atoms with Crippen LogP contribution >= 0.6 is 0 Å². The predicted octanol–water partition coefficient (Wildman–Crippen LogP) is -0.0470. The first kappa shape index (κ1) is 11.5. The molecule has 1 aliphatic rings. The summed E-state index contributed by atoms with van der Waals surface area (Å²) in [5.74, 6) is 0.249. The monoisotopic (exact) mass is 200 g/mol. The Labute approximate surface area is 85.1 Å². The van der Waals surface area contributed by atoms with Gasteiger partial charge in [0.2, 0.25) is 5.91 Å². The largest absolute Gasteiger partial charge is 0.393 e. The van der Waals surface area contributed by atoms with E-state index in [1.807, 2.05) is 6.92 Å². The Morgan fingerprint density at radius 2 is 2.36 bits per heavy atom. The van der Waals surface area contributed by atoms with Crippen molar-refractivity contribution < 1.29 is 9.90 Å². The lowest BCUT2D eigenvalue weighted by Crippen LogP contribution is -2.42. The van der Waals surface area contributed by atoms with Crippen LogP contribution in [0, 0.1) is 5.92 Å². The molecule has 0 spiro atoms. The van der Waals surface area contributed by atoms with Gasteiger partial charge in [0, 0.05) is 19.0 Å². The van der Waals surface area contributed by atoms with Gasteiger partial charge in [-0.15, -0.1) is 0 Å². The standard InChI is InChI=1S/C10H20N2O2/c1-3-9(11)10(14)12-5-4-8(6-12)7(2)13/h7-9,13H,3-6,11H2,1-2H3. The van der Waals surface area contributed by atoms with Crippen LogP contribution in [0.5, 0.6) is 0 Å². The number of nitrogens with zero attached hydrogens (tertiary/aromatic N) is 1. The average Bonchev–Trinajstić information content (AvgIpc) is 2.64. The second-order valence-corrected chi connectivity index (χ2v) is 4.09. The molecule has 0 aromatic carbocycles. The molecule has 3 unspecified atom stereocenters. The van der Waals surface area contributed by atoms with E-state index < -0.39 is 0 Å². The van der Waals surface area contributed by atoms with Crippen LogP contribution in [-0.4, -0.2) is 41.1 Å². The highest BCUT2D eigenvalue weighted by atomic mass is 16.3. The lowest BCUT2D eigenvalue weighted by molar-refractivity contribution is -0.131.